The average Bonchev–Trinajstić information content (AvgIpc) is 3.19. The summed E-state index contributed by atoms with van der Waals surface area (Å²) in [6.45, 7) is 2.33. The molecule has 144 valence electrons. The van der Waals surface area contributed by atoms with Crippen LogP contribution in [0.5, 0.6) is 5.75 Å². The van der Waals surface area contributed by atoms with E-state index in [1.807, 2.05) is 31.2 Å². The number of nitrogens with one attached hydrogen (secondary N) is 3. The predicted octanol–water partition coefficient (Wildman–Crippen LogP) is 3.61. The Morgan fingerprint density at radius 3 is 2.50 bits per heavy atom. The Kier molecular flexibility index (Phi) is 6.44. The Morgan fingerprint density at radius 1 is 1.11 bits per heavy atom. The van der Waals surface area contributed by atoms with Crippen molar-refractivity contribution in [3.05, 3.63) is 64.8 Å². The van der Waals surface area contributed by atoms with E-state index in [0.29, 0.717) is 18.0 Å². The van der Waals surface area contributed by atoms with E-state index in [-0.39, 0.29) is 18.1 Å². The Hall–Kier alpha value is -3.13. The van der Waals surface area contributed by atoms with Crippen LogP contribution in [0.1, 0.15) is 17.4 Å². The summed E-state index contributed by atoms with van der Waals surface area (Å²) in [5.74, 6) is -0.00233. The lowest BCUT2D eigenvalue weighted by Crippen LogP contribution is -2.33. The Balaban J connectivity index is 1.52. The normalized spacial score (nSPS) is 10.4. The molecule has 2 aromatic carbocycles. The van der Waals surface area contributed by atoms with Gasteiger partial charge in [0, 0.05) is 15.7 Å². The number of halogens is 1. The van der Waals surface area contributed by atoms with Crippen molar-refractivity contribution in [1.82, 2.24) is 15.5 Å². The van der Waals surface area contributed by atoms with Gasteiger partial charge in [-0.25, -0.2) is 0 Å². The molecule has 3 aromatic rings. The third-order valence-electron chi connectivity index (χ3n) is 3.82. The quantitative estimate of drug-likeness (QED) is 0.520. The third kappa shape index (κ3) is 5.20. The highest BCUT2D eigenvalue weighted by Gasteiger charge is 2.12. The first-order chi connectivity index (χ1) is 13.5. The molecule has 0 saturated heterocycles. The molecule has 1 heterocycles. The van der Waals surface area contributed by atoms with Crippen molar-refractivity contribution < 1.29 is 14.3 Å². The molecule has 0 fully saturated rings. The first kappa shape index (κ1) is 19.6. The van der Waals surface area contributed by atoms with Gasteiger partial charge in [0.05, 0.1) is 18.8 Å². The van der Waals surface area contributed by atoms with E-state index in [0.717, 1.165) is 15.8 Å². The van der Waals surface area contributed by atoms with E-state index in [9.17, 15) is 9.59 Å². The molecule has 0 spiro atoms. The minimum absolute atomic E-state index is 0.154. The fourth-order valence-corrected chi connectivity index (χ4v) is 2.73. The van der Waals surface area contributed by atoms with Crippen LogP contribution in [0.25, 0.3) is 11.3 Å². The van der Waals surface area contributed by atoms with Crippen LogP contribution in [0, 0.1) is 0 Å². The molecule has 0 aliphatic heterocycles. The Bertz CT molecular complexity index is 952. The van der Waals surface area contributed by atoms with Gasteiger partial charge >= 0.3 is 0 Å². The predicted molar refractivity (Wildman–Crippen MR) is 110 cm³/mol. The van der Waals surface area contributed by atoms with Crippen molar-refractivity contribution in [2.75, 3.05) is 18.5 Å². The average molecular weight is 443 g/mol. The van der Waals surface area contributed by atoms with E-state index in [2.05, 4.69) is 36.8 Å². The summed E-state index contributed by atoms with van der Waals surface area (Å²) in [5, 5.41) is 12.1. The van der Waals surface area contributed by atoms with Gasteiger partial charge in [0.15, 0.2) is 0 Å². The number of hydrogen-bond acceptors (Lipinski definition) is 4. The van der Waals surface area contributed by atoms with Crippen LogP contribution in [-0.4, -0.2) is 35.2 Å². The van der Waals surface area contributed by atoms with Gasteiger partial charge in [-0.3, -0.25) is 14.7 Å². The number of carbonyl (C=O) groups is 2. The van der Waals surface area contributed by atoms with Crippen molar-refractivity contribution in [3.8, 4) is 17.0 Å². The molecule has 28 heavy (non-hydrogen) atoms. The maximum atomic E-state index is 12.2. The second-order valence-corrected chi connectivity index (χ2v) is 6.78. The zero-order valence-electron chi connectivity index (χ0n) is 15.2. The number of aromatic amines is 1. The molecule has 1 aromatic heterocycles. The molecule has 3 N–H and O–H groups in total. The maximum Gasteiger partial charge on any atom is 0.269 e. The highest BCUT2D eigenvalue weighted by atomic mass is 79.9. The monoisotopic (exact) mass is 442 g/mol. The van der Waals surface area contributed by atoms with Crippen LogP contribution in [0.2, 0.25) is 0 Å². The Labute approximate surface area is 170 Å². The molecule has 0 radical (unpaired) electrons. The van der Waals surface area contributed by atoms with Crippen molar-refractivity contribution in [2.24, 2.45) is 0 Å². The summed E-state index contributed by atoms with van der Waals surface area (Å²) >= 11 is 3.38. The smallest absolute Gasteiger partial charge is 0.269 e. The van der Waals surface area contributed by atoms with E-state index in [1.165, 1.54) is 0 Å². The molecule has 8 heteroatoms. The standard InChI is InChI=1S/C20H19BrN4O3/c1-2-28-16-9-7-15(8-10-16)23-19(26)12-22-20(27)18-11-17(24-25-18)13-3-5-14(21)6-4-13/h3-11H,2,12H2,1H3,(H,22,27)(H,23,26)(H,24,25). The summed E-state index contributed by atoms with van der Waals surface area (Å²) in [7, 11) is 0. The SMILES string of the molecule is CCOc1ccc(NC(=O)CNC(=O)c2cc(-c3ccc(Br)cc3)n[nH]2)cc1. The lowest BCUT2D eigenvalue weighted by molar-refractivity contribution is -0.115. The number of ether oxygens (including phenoxy) is 1. The second kappa shape index (κ2) is 9.18. The number of nitrogens with zero attached hydrogens (tertiary/aromatic N) is 1. The number of benzene rings is 2. The second-order valence-electron chi connectivity index (χ2n) is 5.86. The molecule has 0 saturated carbocycles. The van der Waals surface area contributed by atoms with E-state index in [1.54, 1.807) is 30.3 Å². The van der Waals surface area contributed by atoms with Crippen LogP contribution < -0.4 is 15.4 Å². The summed E-state index contributed by atoms with van der Waals surface area (Å²) < 4.78 is 6.31. The molecule has 2 amide bonds. The topological polar surface area (TPSA) is 96.1 Å². The molecule has 0 bridgehead atoms. The first-order valence-corrected chi connectivity index (χ1v) is 9.46. The van der Waals surface area contributed by atoms with Gasteiger partial charge in [-0.15, -0.1) is 0 Å². The van der Waals surface area contributed by atoms with Crippen LogP contribution in [0.3, 0.4) is 0 Å². The van der Waals surface area contributed by atoms with Gasteiger partial charge in [-0.2, -0.15) is 5.10 Å². The molecule has 7 nitrogen and oxygen atoms in total. The van der Waals surface area contributed by atoms with Crippen LogP contribution >= 0.6 is 15.9 Å². The van der Waals surface area contributed by atoms with E-state index < -0.39 is 5.91 Å². The van der Waals surface area contributed by atoms with Gasteiger partial charge in [0.25, 0.3) is 5.91 Å². The summed E-state index contributed by atoms with van der Waals surface area (Å²) in [6, 6.07) is 16.2. The maximum absolute atomic E-state index is 12.2. The summed E-state index contributed by atoms with van der Waals surface area (Å²) in [5.41, 5.74) is 2.44. The van der Waals surface area contributed by atoms with Crippen LogP contribution in [0.4, 0.5) is 5.69 Å². The molecular weight excluding hydrogens is 424 g/mol. The van der Waals surface area contributed by atoms with E-state index in [4.69, 9.17) is 4.74 Å². The molecular formula is C20H19BrN4O3. The van der Waals surface area contributed by atoms with Crippen molar-refractivity contribution >= 4 is 33.4 Å². The van der Waals surface area contributed by atoms with Gasteiger partial charge < -0.3 is 15.4 Å². The third-order valence-corrected chi connectivity index (χ3v) is 4.35. The number of rotatable bonds is 7. The lowest BCUT2D eigenvalue weighted by Gasteiger charge is -2.07. The number of anilines is 1. The van der Waals surface area contributed by atoms with E-state index >= 15 is 0 Å². The first-order valence-electron chi connectivity index (χ1n) is 8.67. The number of carbonyl (C=O) groups excluding carboxylic acids is 2. The highest BCUT2D eigenvalue weighted by molar-refractivity contribution is 9.10. The Morgan fingerprint density at radius 2 is 1.82 bits per heavy atom. The minimum Gasteiger partial charge on any atom is -0.494 e. The zero-order valence-corrected chi connectivity index (χ0v) is 16.7. The lowest BCUT2D eigenvalue weighted by atomic mass is 10.1. The van der Waals surface area contributed by atoms with Crippen LogP contribution in [-0.2, 0) is 4.79 Å². The largest absolute Gasteiger partial charge is 0.494 e. The number of aromatic nitrogens is 2. The highest BCUT2D eigenvalue weighted by Crippen LogP contribution is 2.20. The van der Waals surface area contributed by atoms with Crippen molar-refractivity contribution in [3.63, 3.8) is 0 Å². The molecule has 0 aliphatic carbocycles. The summed E-state index contributed by atoms with van der Waals surface area (Å²) in [4.78, 5) is 24.3. The number of amides is 2. The van der Waals surface area contributed by atoms with Crippen LogP contribution in [0.15, 0.2) is 59.1 Å². The minimum atomic E-state index is -0.405. The van der Waals surface area contributed by atoms with Gasteiger partial charge in [0.1, 0.15) is 11.4 Å². The number of hydrogen-bond donors (Lipinski definition) is 3. The van der Waals surface area contributed by atoms with Crippen molar-refractivity contribution in [2.45, 2.75) is 6.92 Å². The van der Waals surface area contributed by atoms with Gasteiger partial charge in [-0.1, -0.05) is 28.1 Å². The molecule has 0 atom stereocenters. The summed E-state index contributed by atoms with van der Waals surface area (Å²) in [6.07, 6.45) is 0. The molecule has 0 aliphatic rings. The zero-order chi connectivity index (χ0) is 19.9. The number of H-pyrrole nitrogens is 1. The fourth-order valence-electron chi connectivity index (χ4n) is 2.47. The molecule has 0 unspecified atom stereocenters. The van der Waals surface area contributed by atoms with Gasteiger partial charge in [0.2, 0.25) is 5.91 Å². The van der Waals surface area contributed by atoms with Gasteiger partial charge in [-0.05, 0) is 49.4 Å². The van der Waals surface area contributed by atoms with Crippen molar-refractivity contribution in [1.29, 1.82) is 0 Å². The fraction of sp³-hybridized carbons (Fsp3) is 0.150. The molecule has 3 rings (SSSR count).